The van der Waals surface area contributed by atoms with Crippen LogP contribution < -0.4 is 5.32 Å². The molecule has 1 N–H and O–H groups in total. The lowest BCUT2D eigenvalue weighted by Gasteiger charge is -2.27. The van der Waals surface area contributed by atoms with E-state index in [2.05, 4.69) is 15.3 Å². The molecular weight excluding hydrogens is 217 g/mol. The van der Waals surface area contributed by atoms with Crippen molar-refractivity contribution in [2.75, 3.05) is 5.32 Å². The Hall–Kier alpha value is -0.900. The van der Waals surface area contributed by atoms with Crippen molar-refractivity contribution in [2.24, 2.45) is 0 Å². The fraction of sp³-hybridized carbons (Fsp3) is 0.600. The van der Waals surface area contributed by atoms with Crippen LogP contribution in [0.5, 0.6) is 0 Å². The molecule has 15 heavy (non-hydrogen) atoms. The number of rotatable bonds is 2. The summed E-state index contributed by atoms with van der Waals surface area (Å²) in [7, 11) is 0. The van der Waals surface area contributed by atoms with Gasteiger partial charge in [-0.3, -0.25) is 0 Å². The van der Waals surface area contributed by atoms with Crippen LogP contribution in [0.4, 0.5) is 10.3 Å². The molecule has 3 nitrogen and oxygen atoms in total. The largest absolute Gasteiger partial charge is 0.350 e. The van der Waals surface area contributed by atoms with E-state index in [9.17, 15) is 4.39 Å². The number of hydrogen-bond acceptors (Lipinski definition) is 3. The first-order valence-electron chi connectivity index (χ1n) is 5.14. The van der Waals surface area contributed by atoms with Crippen LogP contribution in [0.1, 0.15) is 25.7 Å². The maximum Gasteiger partial charge on any atom is 0.223 e. The van der Waals surface area contributed by atoms with E-state index in [0.717, 1.165) is 25.2 Å². The zero-order valence-corrected chi connectivity index (χ0v) is 9.04. The Morgan fingerprint density at radius 3 is 2.60 bits per heavy atom. The van der Waals surface area contributed by atoms with Gasteiger partial charge in [-0.05, 0) is 12.8 Å². The van der Waals surface area contributed by atoms with Crippen molar-refractivity contribution in [3.63, 3.8) is 0 Å². The van der Waals surface area contributed by atoms with Gasteiger partial charge in [-0.1, -0.05) is 12.8 Å². The summed E-state index contributed by atoms with van der Waals surface area (Å²) in [4.78, 5) is 7.70. The molecule has 1 aliphatic rings. The van der Waals surface area contributed by atoms with Crippen LogP contribution in [-0.4, -0.2) is 21.4 Å². The van der Waals surface area contributed by atoms with Gasteiger partial charge in [0.1, 0.15) is 0 Å². The lowest BCUT2D eigenvalue weighted by atomic mass is 9.95. The van der Waals surface area contributed by atoms with Crippen molar-refractivity contribution >= 4 is 17.5 Å². The summed E-state index contributed by atoms with van der Waals surface area (Å²) >= 11 is 6.17. The van der Waals surface area contributed by atoms with E-state index in [1.807, 2.05) is 0 Å². The monoisotopic (exact) mass is 229 g/mol. The van der Waals surface area contributed by atoms with Crippen molar-refractivity contribution in [1.29, 1.82) is 0 Å². The lowest BCUT2D eigenvalue weighted by molar-refractivity contribution is 0.467. The first-order valence-corrected chi connectivity index (χ1v) is 5.57. The highest BCUT2D eigenvalue weighted by molar-refractivity contribution is 6.21. The zero-order chi connectivity index (χ0) is 10.7. The van der Waals surface area contributed by atoms with Gasteiger partial charge in [0.25, 0.3) is 0 Å². The quantitative estimate of drug-likeness (QED) is 0.793. The van der Waals surface area contributed by atoms with Gasteiger partial charge in [0.05, 0.1) is 17.8 Å². The molecular formula is C10H13ClFN3. The second-order valence-corrected chi connectivity index (χ2v) is 4.34. The van der Waals surface area contributed by atoms with Crippen LogP contribution in [0.15, 0.2) is 12.4 Å². The van der Waals surface area contributed by atoms with Gasteiger partial charge in [-0.2, -0.15) is 0 Å². The van der Waals surface area contributed by atoms with E-state index in [1.165, 1.54) is 12.8 Å². The number of alkyl halides is 1. The van der Waals surface area contributed by atoms with Crippen molar-refractivity contribution in [3.8, 4) is 0 Å². The number of aromatic nitrogens is 2. The van der Waals surface area contributed by atoms with Crippen LogP contribution in [0, 0.1) is 5.82 Å². The van der Waals surface area contributed by atoms with Crippen molar-refractivity contribution in [1.82, 2.24) is 9.97 Å². The predicted octanol–water partition coefficient (Wildman–Crippen LogP) is 2.58. The second-order valence-electron chi connectivity index (χ2n) is 3.78. The van der Waals surface area contributed by atoms with Gasteiger partial charge in [-0.25, -0.2) is 14.4 Å². The smallest absolute Gasteiger partial charge is 0.223 e. The maximum absolute atomic E-state index is 12.6. The number of halogens is 2. The molecule has 0 bridgehead atoms. The Labute approximate surface area is 93.1 Å². The van der Waals surface area contributed by atoms with E-state index in [0.29, 0.717) is 5.95 Å². The Morgan fingerprint density at radius 1 is 1.27 bits per heavy atom. The topological polar surface area (TPSA) is 37.8 Å². The number of hydrogen-bond donors (Lipinski definition) is 1. The zero-order valence-electron chi connectivity index (χ0n) is 8.29. The van der Waals surface area contributed by atoms with E-state index < -0.39 is 5.82 Å². The molecule has 1 aromatic rings. The Balaban J connectivity index is 1.98. The molecule has 1 heterocycles. The Morgan fingerprint density at radius 2 is 1.93 bits per heavy atom. The standard InChI is InChI=1S/C10H13ClFN3/c11-8-3-1-2-4-9(8)15-10-13-5-7(12)6-14-10/h5-6,8-9H,1-4H2,(H,13,14,15). The average molecular weight is 230 g/mol. The van der Waals surface area contributed by atoms with E-state index in [1.54, 1.807) is 0 Å². The highest BCUT2D eigenvalue weighted by atomic mass is 35.5. The highest BCUT2D eigenvalue weighted by Crippen LogP contribution is 2.24. The molecule has 0 spiro atoms. The molecule has 82 valence electrons. The van der Waals surface area contributed by atoms with Crippen molar-refractivity contribution in [3.05, 3.63) is 18.2 Å². The molecule has 0 aromatic carbocycles. The molecule has 0 saturated heterocycles. The molecule has 0 amide bonds. The summed E-state index contributed by atoms with van der Waals surface area (Å²) in [6, 6.07) is 0.200. The van der Waals surface area contributed by atoms with Crippen molar-refractivity contribution in [2.45, 2.75) is 37.1 Å². The second kappa shape index (κ2) is 4.75. The van der Waals surface area contributed by atoms with Gasteiger partial charge < -0.3 is 5.32 Å². The fourth-order valence-corrected chi connectivity index (χ4v) is 2.14. The molecule has 0 radical (unpaired) electrons. The third-order valence-corrected chi connectivity index (χ3v) is 3.14. The van der Waals surface area contributed by atoms with Crippen LogP contribution in [0.2, 0.25) is 0 Å². The van der Waals surface area contributed by atoms with Crippen LogP contribution >= 0.6 is 11.6 Å². The van der Waals surface area contributed by atoms with E-state index >= 15 is 0 Å². The number of anilines is 1. The summed E-state index contributed by atoms with van der Waals surface area (Å²) in [6.45, 7) is 0. The van der Waals surface area contributed by atoms with Gasteiger partial charge in [-0.15, -0.1) is 11.6 Å². The van der Waals surface area contributed by atoms with Crippen LogP contribution in [-0.2, 0) is 0 Å². The molecule has 0 aliphatic heterocycles. The SMILES string of the molecule is Fc1cnc(NC2CCCCC2Cl)nc1. The summed E-state index contributed by atoms with van der Waals surface area (Å²) in [5, 5.41) is 3.25. The van der Waals surface area contributed by atoms with Gasteiger partial charge in [0.15, 0.2) is 5.82 Å². The molecule has 1 aromatic heterocycles. The first kappa shape index (κ1) is 10.6. The number of nitrogens with zero attached hydrogens (tertiary/aromatic N) is 2. The van der Waals surface area contributed by atoms with Crippen LogP contribution in [0.25, 0.3) is 0 Å². The molecule has 1 saturated carbocycles. The average Bonchev–Trinajstić information content (AvgIpc) is 2.25. The first-order chi connectivity index (χ1) is 7.25. The summed E-state index contributed by atoms with van der Waals surface area (Å²) < 4.78 is 12.6. The lowest BCUT2D eigenvalue weighted by Crippen LogP contribution is -2.33. The van der Waals surface area contributed by atoms with E-state index in [4.69, 9.17) is 11.6 Å². The Bertz CT molecular complexity index is 317. The fourth-order valence-electron chi connectivity index (χ4n) is 1.80. The third-order valence-electron chi connectivity index (χ3n) is 2.62. The van der Waals surface area contributed by atoms with Gasteiger partial charge >= 0.3 is 0 Å². The Kier molecular flexibility index (Phi) is 3.36. The van der Waals surface area contributed by atoms with E-state index in [-0.39, 0.29) is 11.4 Å². The molecule has 1 aliphatic carbocycles. The molecule has 5 heteroatoms. The minimum absolute atomic E-state index is 0.118. The normalized spacial score (nSPS) is 26.3. The third kappa shape index (κ3) is 2.78. The minimum Gasteiger partial charge on any atom is -0.350 e. The molecule has 2 atom stereocenters. The molecule has 2 unspecified atom stereocenters. The van der Waals surface area contributed by atoms with Crippen molar-refractivity contribution < 1.29 is 4.39 Å². The van der Waals surface area contributed by atoms with Crippen LogP contribution in [0.3, 0.4) is 0 Å². The maximum atomic E-state index is 12.6. The summed E-state index contributed by atoms with van der Waals surface area (Å²) in [5.41, 5.74) is 0. The molecule has 2 rings (SSSR count). The van der Waals surface area contributed by atoms with Gasteiger partial charge in [0, 0.05) is 6.04 Å². The molecule has 1 fully saturated rings. The predicted molar refractivity (Wildman–Crippen MR) is 57.5 cm³/mol. The summed E-state index contributed by atoms with van der Waals surface area (Å²) in [6.07, 6.45) is 6.69. The minimum atomic E-state index is -0.424. The number of nitrogens with one attached hydrogen (secondary N) is 1. The summed E-state index contributed by atoms with van der Waals surface area (Å²) in [5.74, 6) is 0.0283. The highest BCUT2D eigenvalue weighted by Gasteiger charge is 2.23. The van der Waals surface area contributed by atoms with Gasteiger partial charge in [0.2, 0.25) is 5.95 Å².